The number of ketones is 1. The molecule has 0 atom stereocenters. The molecule has 2 aromatic carbocycles. The van der Waals surface area contributed by atoms with Crippen molar-refractivity contribution >= 4 is 23.4 Å². The lowest BCUT2D eigenvalue weighted by Crippen LogP contribution is -2.20. The minimum absolute atomic E-state index is 0.226. The zero-order valence-corrected chi connectivity index (χ0v) is 15.6. The van der Waals surface area contributed by atoms with E-state index in [-0.39, 0.29) is 19.0 Å². The number of ether oxygens (including phenoxy) is 2. The number of esters is 1. The molecule has 0 radical (unpaired) electrons. The van der Waals surface area contributed by atoms with Crippen molar-refractivity contribution < 1.29 is 19.1 Å². The summed E-state index contributed by atoms with van der Waals surface area (Å²) in [7, 11) is 0. The normalized spacial score (nSPS) is 10.4. The van der Waals surface area contributed by atoms with Crippen LogP contribution in [0.25, 0.3) is 0 Å². The summed E-state index contributed by atoms with van der Waals surface area (Å²) < 4.78 is 10.4. The van der Waals surface area contributed by atoms with E-state index >= 15 is 0 Å². The Labute approximate surface area is 152 Å². The molecule has 0 amide bonds. The maximum Gasteiger partial charge on any atom is 0.344 e. The Morgan fingerprint density at radius 3 is 2.24 bits per heavy atom. The highest BCUT2D eigenvalue weighted by Gasteiger charge is 2.14. The summed E-state index contributed by atoms with van der Waals surface area (Å²) in [5, 5.41) is 0.629. The Hall–Kier alpha value is -2.33. The highest BCUT2D eigenvalue weighted by molar-refractivity contribution is 6.31. The molecule has 4 nitrogen and oxygen atoms in total. The summed E-state index contributed by atoms with van der Waals surface area (Å²) in [5.41, 5.74) is 4.45. The van der Waals surface area contributed by atoms with Gasteiger partial charge < -0.3 is 9.47 Å². The maximum atomic E-state index is 12.3. The SMILES string of the molecule is Cc1cc(C)c(C(=O)COC(=O)COc2ccc(Cl)c(C)c2)cc1C. The van der Waals surface area contributed by atoms with Crippen LogP contribution in [0.5, 0.6) is 5.75 Å². The third-order valence-corrected chi connectivity index (χ3v) is 4.42. The van der Waals surface area contributed by atoms with Crippen LogP contribution in [0.2, 0.25) is 5.02 Å². The Balaban J connectivity index is 1.88. The molecule has 132 valence electrons. The van der Waals surface area contributed by atoms with E-state index in [4.69, 9.17) is 21.1 Å². The fraction of sp³-hybridized carbons (Fsp3) is 0.300. The van der Waals surface area contributed by atoms with Gasteiger partial charge in [-0.3, -0.25) is 4.79 Å². The molecule has 2 aromatic rings. The van der Waals surface area contributed by atoms with E-state index in [9.17, 15) is 9.59 Å². The smallest absolute Gasteiger partial charge is 0.344 e. The first kappa shape index (κ1) is 19.0. The van der Waals surface area contributed by atoms with E-state index in [0.717, 1.165) is 22.3 Å². The number of halogens is 1. The molecule has 0 aliphatic heterocycles. The van der Waals surface area contributed by atoms with Crippen molar-refractivity contribution in [3.8, 4) is 5.75 Å². The van der Waals surface area contributed by atoms with E-state index in [1.807, 2.05) is 39.8 Å². The molecule has 0 aromatic heterocycles. The monoisotopic (exact) mass is 360 g/mol. The van der Waals surface area contributed by atoms with Gasteiger partial charge in [-0.25, -0.2) is 4.79 Å². The molecule has 0 heterocycles. The molecular formula is C20H21ClO4. The van der Waals surface area contributed by atoms with Gasteiger partial charge in [0, 0.05) is 10.6 Å². The molecule has 0 fully saturated rings. The molecule has 0 unspecified atom stereocenters. The van der Waals surface area contributed by atoms with Crippen molar-refractivity contribution in [3.63, 3.8) is 0 Å². The summed E-state index contributed by atoms with van der Waals surface area (Å²) >= 11 is 5.94. The first-order valence-corrected chi connectivity index (χ1v) is 8.31. The highest BCUT2D eigenvalue weighted by atomic mass is 35.5. The Kier molecular flexibility index (Phi) is 6.21. The van der Waals surface area contributed by atoms with Crippen LogP contribution >= 0.6 is 11.6 Å². The molecule has 25 heavy (non-hydrogen) atoms. The van der Waals surface area contributed by atoms with Gasteiger partial charge in [0.25, 0.3) is 0 Å². The van der Waals surface area contributed by atoms with Gasteiger partial charge in [-0.05, 0) is 74.2 Å². The van der Waals surface area contributed by atoms with E-state index in [2.05, 4.69) is 0 Å². The second kappa shape index (κ2) is 8.17. The minimum Gasteiger partial charge on any atom is -0.482 e. The fourth-order valence-electron chi connectivity index (χ4n) is 2.38. The van der Waals surface area contributed by atoms with E-state index < -0.39 is 5.97 Å². The van der Waals surface area contributed by atoms with Crippen molar-refractivity contribution in [3.05, 3.63) is 63.2 Å². The molecule has 0 aliphatic carbocycles. The largest absolute Gasteiger partial charge is 0.482 e. The zero-order valence-electron chi connectivity index (χ0n) is 14.8. The predicted molar refractivity (Wildman–Crippen MR) is 97.6 cm³/mol. The first-order chi connectivity index (χ1) is 11.8. The van der Waals surface area contributed by atoms with Crippen LogP contribution < -0.4 is 4.74 Å². The number of hydrogen-bond acceptors (Lipinski definition) is 4. The molecule has 0 saturated carbocycles. The van der Waals surface area contributed by atoms with Gasteiger partial charge in [-0.2, -0.15) is 0 Å². The van der Waals surface area contributed by atoms with Crippen LogP contribution in [0, 0.1) is 27.7 Å². The maximum absolute atomic E-state index is 12.3. The summed E-state index contributed by atoms with van der Waals surface area (Å²) in [6.45, 7) is 7.09. The fourth-order valence-corrected chi connectivity index (χ4v) is 2.49. The lowest BCUT2D eigenvalue weighted by molar-refractivity contribution is -0.144. The molecule has 0 N–H and O–H groups in total. The molecule has 0 saturated heterocycles. The van der Waals surface area contributed by atoms with Crippen LogP contribution in [0.3, 0.4) is 0 Å². The van der Waals surface area contributed by atoms with Gasteiger partial charge in [0.1, 0.15) is 5.75 Å². The average molecular weight is 361 g/mol. The van der Waals surface area contributed by atoms with Crippen molar-refractivity contribution in [2.45, 2.75) is 27.7 Å². The number of benzene rings is 2. The highest BCUT2D eigenvalue weighted by Crippen LogP contribution is 2.21. The van der Waals surface area contributed by atoms with E-state index in [1.165, 1.54) is 0 Å². The minimum atomic E-state index is -0.595. The second-order valence-corrected chi connectivity index (χ2v) is 6.44. The predicted octanol–water partition coefficient (Wildman–Crippen LogP) is 4.38. The van der Waals surface area contributed by atoms with Crippen molar-refractivity contribution in [2.24, 2.45) is 0 Å². The Morgan fingerprint density at radius 1 is 0.880 bits per heavy atom. The van der Waals surface area contributed by atoms with Gasteiger partial charge >= 0.3 is 5.97 Å². The summed E-state index contributed by atoms with van der Waals surface area (Å²) in [4.78, 5) is 24.0. The zero-order chi connectivity index (χ0) is 18.6. The second-order valence-electron chi connectivity index (χ2n) is 6.03. The van der Waals surface area contributed by atoms with Gasteiger partial charge in [-0.1, -0.05) is 17.7 Å². The number of carbonyl (C=O) groups is 2. The third kappa shape index (κ3) is 5.07. The van der Waals surface area contributed by atoms with Gasteiger partial charge in [0.05, 0.1) is 0 Å². The van der Waals surface area contributed by atoms with Gasteiger partial charge in [0.2, 0.25) is 5.78 Å². The van der Waals surface area contributed by atoms with Crippen LogP contribution in [0.4, 0.5) is 0 Å². The summed E-state index contributed by atoms with van der Waals surface area (Å²) in [6.07, 6.45) is 0. The first-order valence-electron chi connectivity index (χ1n) is 7.93. The van der Waals surface area contributed by atoms with E-state index in [0.29, 0.717) is 16.3 Å². The quantitative estimate of drug-likeness (QED) is 0.566. The molecule has 5 heteroatoms. The number of hydrogen-bond donors (Lipinski definition) is 0. The Bertz CT molecular complexity index is 812. The van der Waals surface area contributed by atoms with Crippen LogP contribution in [-0.2, 0) is 9.53 Å². The molecule has 0 aliphatic rings. The lowest BCUT2D eigenvalue weighted by Gasteiger charge is -2.10. The molecule has 0 spiro atoms. The van der Waals surface area contributed by atoms with Crippen LogP contribution in [0.15, 0.2) is 30.3 Å². The Morgan fingerprint density at radius 2 is 1.56 bits per heavy atom. The summed E-state index contributed by atoms with van der Waals surface area (Å²) in [5.74, 6) is -0.297. The number of Topliss-reactive ketones (excluding diaryl/α,β-unsaturated/α-hetero) is 1. The van der Waals surface area contributed by atoms with Gasteiger partial charge in [0.15, 0.2) is 13.2 Å². The third-order valence-electron chi connectivity index (χ3n) is 3.99. The van der Waals surface area contributed by atoms with Crippen LogP contribution in [-0.4, -0.2) is 25.0 Å². The topological polar surface area (TPSA) is 52.6 Å². The van der Waals surface area contributed by atoms with E-state index in [1.54, 1.807) is 18.2 Å². The van der Waals surface area contributed by atoms with Crippen molar-refractivity contribution in [1.82, 2.24) is 0 Å². The summed E-state index contributed by atoms with van der Waals surface area (Å²) in [6, 6.07) is 8.89. The molecule has 0 bridgehead atoms. The number of rotatable bonds is 6. The van der Waals surface area contributed by atoms with Crippen molar-refractivity contribution in [1.29, 1.82) is 0 Å². The standard InChI is InChI=1S/C20H21ClO4/c1-12-7-14(3)17(9-13(12)2)19(22)10-25-20(23)11-24-16-5-6-18(21)15(4)8-16/h5-9H,10-11H2,1-4H3. The number of carbonyl (C=O) groups excluding carboxylic acids is 2. The lowest BCUT2D eigenvalue weighted by atomic mass is 9.98. The molecule has 2 rings (SSSR count). The molecular weight excluding hydrogens is 340 g/mol. The van der Waals surface area contributed by atoms with Crippen molar-refractivity contribution in [2.75, 3.05) is 13.2 Å². The average Bonchev–Trinajstić information content (AvgIpc) is 2.57. The van der Waals surface area contributed by atoms with Crippen LogP contribution in [0.1, 0.15) is 32.6 Å². The number of aryl methyl sites for hydroxylation is 4. The van der Waals surface area contributed by atoms with Gasteiger partial charge in [-0.15, -0.1) is 0 Å².